The maximum atomic E-state index is 4.87. The first-order valence-corrected chi connectivity index (χ1v) is 16.3. The van der Waals surface area contributed by atoms with Gasteiger partial charge in [0.1, 0.15) is 0 Å². The molecule has 1 aliphatic carbocycles. The molecule has 4 rings (SSSR count). The molecule has 3 aromatic rings. The van der Waals surface area contributed by atoms with Crippen LogP contribution in [0.4, 0.5) is 0 Å². The average molecular weight is 388 g/mol. The Morgan fingerprint density at radius 3 is 2.12 bits per heavy atom. The molecule has 0 spiro atoms. The van der Waals surface area contributed by atoms with Crippen LogP contribution in [0.5, 0.6) is 0 Å². The Balaban J connectivity index is 1.90. The van der Waals surface area contributed by atoms with Crippen molar-refractivity contribution in [3.63, 3.8) is 0 Å². The Bertz CT molecular complexity index is 947. The molecule has 0 amide bonds. The third-order valence-electron chi connectivity index (χ3n) is 5.49. The Hall–Kier alpha value is -1.87. The molecular weight excluding hydrogens is 363 g/mol. The second kappa shape index (κ2) is 5.57. The van der Waals surface area contributed by atoms with Gasteiger partial charge in [-0.3, -0.25) is 0 Å². The third kappa shape index (κ3) is 2.57. The molecule has 0 N–H and O–H groups in total. The van der Waals surface area contributed by atoms with Crippen LogP contribution in [-0.2, 0) is 5.41 Å². The van der Waals surface area contributed by atoms with Crippen molar-refractivity contribution >= 4 is 17.7 Å². The third-order valence-corrected chi connectivity index (χ3v) is 9.74. The van der Waals surface area contributed by atoms with E-state index in [2.05, 4.69) is 91.9 Å². The maximum absolute atomic E-state index is 4.87. The number of hydrogen-bond donors (Lipinski definition) is 0. The molecule has 2 heteroatoms. The number of nitrogens with zero attached hydrogens (tertiary/aromatic N) is 1. The van der Waals surface area contributed by atoms with Gasteiger partial charge in [0.25, 0.3) is 0 Å². The Kier molecular flexibility index (Phi) is 3.70. The minimum absolute atomic E-state index is 0.00467. The first-order chi connectivity index (χ1) is 11.8. The van der Waals surface area contributed by atoms with Crippen molar-refractivity contribution in [1.29, 1.82) is 0 Å². The fourth-order valence-corrected chi connectivity index (χ4v) is 6.23. The fraction of sp³-hybridized carbons (Fsp3) is 0.261. The Morgan fingerprint density at radius 2 is 1.44 bits per heavy atom. The van der Waals surface area contributed by atoms with Gasteiger partial charge in [0, 0.05) is 0 Å². The van der Waals surface area contributed by atoms with Crippen LogP contribution in [0.15, 0.2) is 60.8 Å². The van der Waals surface area contributed by atoms with Gasteiger partial charge in [-0.25, -0.2) is 0 Å². The van der Waals surface area contributed by atoms with Crippen LogP contribution in [-0.4, -0.2) is 18.3 Å². The molecular formula is C23H25GeN. The summed E-state index contributed by atoms with van der Waals surface area (Å²) in [5.41, 5.74) is 7.92. The summed E-state index contributed by atoms with van der Waals surface area (Å²) in [6.45, 7) is 4.67. The van der Waals surface area contributed by atoms with Crippen molar-refractivity contribution in [2.45, 2.75) is 36.5 Å². The van der Waals surface area contributed by atoms with Gasteiger partial charge in [0.15, 0.2) is 0 Å². The van der Waals surface area contributed by atoms with Crippen LogP contribution in [0.1, 0.15) is 25.0 Å². The van der Waals surface area contributed by atoms with Gasteiger partial charge in [-0.2, -0.15) is 0 Å². The van der Waals surface area contributed by atoms with Crippen molar-refractivity contribution in [2.24, 2.45) is 0 Å². The number of pyridine rings is 1. The average Bonchev–Trinajstić information content (AvgIpc) is 2.83. The van der Waals surface area contributed by atoms with E-state index in [1.807, 2.05) is 0 Å². The van der Waals surface area contributed by atoms with E-state index in [-0.39, 0.29) is 5.41 Å². The van der Waals surface area contributed by atoms with E-state index in [0.29, 0.717) is 0 Å². The summed E-state index contributed by atoms with van der Waals surface area (Å²) in [7, 11) is 0. The number of aromatic nitrogens is 1. The van der Waals surface area contributed by atoms with E-state index in [1.165, 1.54) is 32.2 Å². The Labute approximate surface area is 153 Å². The van der Waals surface area contributed by atoms with Crippen molar-refractivity contribution in [3.8, 4) is 22.4 Å². The second-order valence-electron chi connectivity index (χ2n) is 8.58. The molecule has 1 heterocycles. The summed E-state index contributed by atoms with van der Waals surface area (Å²) >= 11 is -1.83. The molecule has 0 unspecified atom stereocenters. The van der Waals surface area contributed by atoms with Crippen LogP contribution in [0.3, 0.4) is 0 Å². The zero-order valence-electron chi connectivity index (χ0n) is 15.7. The minimum atomic E-state index is -1.83. The molecule has 126 valence electrons. The number of fused-ring (bicyclic) bond motifs is 3. The van der Waals surface area contributed by atoms with E-state index in [9.17, 15) is 0 Å². The molecule has 0 fully saturated rings. The van der Waals surface area contributed by atoms with E-state index in [0.717, 1.165) is 5.69 Å². The summed E-state index contributed by atoms with van der Waals surface area (Å²) in [6.07, 6.45) is 2.11. The van der Waals surface area contributed by atoms with Crippen LogP contribution in [0, 0.1) is 0 Å². The summed E-state index contributed by atoms with van der Waals surface area (Å²) in [6, 6.07) is 20.0. The molecule has 0 atom stereocenters. The standard InChI is InChI=1S/C23H25GeN/c1-23(2)20-12-7-6-9-17(20)18-10-8-11-19(22(18)23)21-14-13-16(15-25-21)24(3,4)5/h6-15H,1-5H3. The predicted molar refractivity (Wildman–Crippen MR) is 110 cm³/mol. The van der Waals surface area contributed by atoms with Gasteiger partial charge in [0.2, 0.25) is 0 Å². The van der Waals surface area contributed by atoms with E-state index in [4.69, 9.17) is 4.98 Å². The quantitative estimate of drug-likeness (QED) is 0.521. The normalized spacial score (nSPS) is 14.9. The van der Waals surface area contributed by atoms with Crippen LogP contribution >= 0.6 is 0 Å². The van der Waals surface area contributed by atoms with Gasteiger partial charge in [-0.1, -0.05) is 0 Å². The number of benzene rings is 2. The summed E-state index contributed by atoms with van der Waals surface area (Å²) in [5, 5.41) is 0. The molecule has 0 radical (unpaired) electrons. The van der Waals surface area contributed by atoms with Crippen LogP contribution < -0.4 is 4.40 Å². The van der Waals surface area contributed by atoms with Crippen molar-refractivity contribution < 1.29 is 0 Å². The molecule has 1 aromatic heterocycles. The fourth-order valence-electron chi connectivity index (χ4n) is 4.06. The van der Waals surface area contributed by atoms with Crippen LogP contribution in [0.2, 0.25) is 17.3 Å². The molecule has 1 aliphatic rings. The molecule has 2 aromatic carbocycles. The summed E-state index contributed by atoms with van der Waals surface area (Å²) in [4.78, 5) is 4.87. The second-order valence-corrected chi connectivity index (χ2v) is 19.2. The topological polar surface area (TPSA) is 12.9 Å². The SMILES string of the molecule is CC1(C)c2ccccc2-c2cccc(-c3cc[c]([Ge]([CH3])([CH3])[CH3])cn3)c21. The summed E-state index contributed by atoms with van der Waals surface area (Å²) < 4.78 is 1.46. The van der Waals surface area contributed by atoms with Gasteiger partial charge in [0.05, 0.1) is 0 Å². The van der Waals surface area contributed by atoms with Gasteiger partial charge >= 0.3 is 153 Å². The van der Waals surface area contributed by atoms with E-state index in [1.54, 1.807) is 0 Å². The van der Waals surface area contributed by atoms with Gasteiger partial charge < -0.3 is 0 Å². The first kappa shape index (κ1) is 16.6. The van der Waals surface area contributed by atoms with Gasteiger partial charge in [-0.15, -0.1) is 0 Å². The predicted octanol–water partition coefficient (Wildman–Crippen LogP) is 5.60. The first-order valence-electron chi connectivity index (χ1n) is 9.00. The zero-order chi connectivity index (χ0) is 17.8. The van der Waals surface area contributed by atoms with Crippen LogP contribution in [0.25, 0.3) is 22.4 Å². The molecule has 0 bridgehead atoms. The van der Waals surface area contributed by atoms with Crippen molar-refractivity contribution in [2.75, 3.05) is 0 Å². The van der Waals surface area contributed by atoms with E-state index < -0.39 is 13.3 Å². The van der Waals surface area contributed by atoms with E-state index >= 15 is 0 Å². The van der Waals surface area contributed by atoms with Gasteiger partial charge in [-0.05, 0) is 0 Å². The zero-order valence-corrected chi connectivity index (χ0v) is 17.8. The molecule has 25 heavy (non-hydrogen) atoms. The monoisotopic (exact) mass is 389 g/mol. The molecule has 0 aliphatic heterocycles. The number of hydrogen-bond acceptors (Lipinski definition) is 1. The molecule has 0 saturated carbocycles. The molecule has 0 saturated heterocycles. The summed E-state index contributed by atoms with van der Waals surface area (Å²) in [5.74, 6) is 7.24. The molecule has 1 nitrogen and oxygen atoms in total. The van der Waals surface area contributed by atoms with Crippen molar-refractivity contribution in [3.05, 3.63) is 71.9 Å². The number of rotatable bonds is 2. The Morgan fingerprint density at radius 1 is 0.760 bits per heavy atom. The van der Waals surface area contributed by atoms with Crippen molar-refractivity contribution in [1.82, 2.24) is 4.98 Å².